The normalized spacial score (nSPS) is 12.7. The second-order valence-corrected chi connectivity index (χ2v) is 7.77. The largest absolute Gasteiger partial charge is 0.347 e. The fourth-order valence-corrected chi connectivity index (χ4v) is 1.96. The van der Waals surface area contributed by atoms with Crippen LogP contribution in [0.2, 0.25) is 0 Å². The van der Waals surface area contributed by atoms with Gasteiger partial charge in [0.05, 0.1) is 5.56 Å². The van der Waals surface area contributed by atoms with Crippen LogP contribution < -0.4 is 5.32 Å². The molecule has 20 heavy (non-hydrogen) atoms. The van der Waals surface area contributed by atoms with E-state index in [1.807, 2.05) is 20.8 Å². The number of pyridine rings is 1. The van der Waals surface area contributed by atoms with Crippen molar-refractivity contribution in [3.05, 3.63) is 29.1 Å². The Balaban J connectivity index is 3.24. The highest BCUT2D eigenvalue weighted by Gasteiger charge is 2.23. The molecule has 0 unspecified atom stereocenters. The Morgan fingerprint density at radius 2 is 1.70 bits per heavy atom. The number of hydrogen-bond donors (Lipinski definition) is 1. The van der Waals surface area contributed by atoms with E-state index in [0.717, 1.165) is 11.3 Å². The molecule has 1 N–H and O–H groups in total. The van der Waals surface area contributed by atoms with Crippen LogP contribution in [0.5, 0.6) is 0 Å². The number of carbonyl (C=O) groups excluding carboxylic acids is 1. The molecule has 0 aliphatic rings. The van der Waals surface area contributed by atoms with Crippen molar-refractivity contribution in [1.29, 1.82) is 0 Å². The van der Waals surface area contributed by atoms with Crippen LogP contribution in [0.15, 0.2) is 12.3 Å². The summed E-state index contributed by atoms with van der Waals surface area (Å²) in [6.45, 7) is 16.6. The van der Waals surface area contributed by atoms with E-state index in [4.69, 9.17) is 0 Å². The van der Waals surface area contributed by atoms with Gasteiger partial charge in [-0.1, -0.05) is 34.6 Å². The molecule has 1 heterocycles. The number of aromatic nitrogens is 1. The summed E-state index contributed by atoms with van der Waals surface area (Å²) in [7, 11) is 0. The molecule has 112 valence electrons. The molecule has 1 rings (SSSR count). The molecular formula is C17H28N2O. The van der Waals surface area contributed by atoms with Crippen LogP contribution in [0.4, 0.5) is 0 Å². The Labute approximate surface area is 123 Å². The van der Waals surface area contributed by atoms with Crippen molar-refractivity contribution in [1.82, 2.24) is 10.3 Å². The van der Waals surface area contributed by atoms with Crippen LogP contribution in [0.25, 0.3) is 0 Å². The monoisotopic (exact) mass is 276 g/mol. The summed E-state index contributed by atoms with van der Waals surface area (Å²) in [6, 6.07) is 2.07. The van der Waals surface area contributed by atoms with Crippen LogP contribution >= 0.6 is 0 Å². The number of amides is 1. The van der Waals surface area contributed by atoms with Crippen LogP contribution in [-0.2, 0) is 5.41 Å². The first-order chi connectivity index (χ1) is 8.92. The average molecular weight is 276 g/mol. The second kappa shape index (κ2) is 5.55. The summed E-state index contributed by atoms with van der Waals surface area (Å²) >= 11 is 0. The predicted molar refractivity (Wildman–Crippen MR) is 84.2 cm³/mol. The zero-order valence-electron chi connectivity index (χ0n) is 14.1. The Hall–Kier alpha value is -1.38. The molecule has 1 aromatic heterocycles. The topological polar surface area (TPSA) is 42.0 Å². The van der Waals surface area contributed by atoms with Crippen molar-refractivity contribution in [3.8, 4) is 0 Å². The minimum absolute atomic E-state index is 0.0112. The molecule has 0 aliphatic heterocycles. The SMILES string of the molecule is CC(C)c1cc(C(C)(C)C)ncc1C(=O)NC(C)(C)C. The van der Waals surface area contributed by atoms with E-state index in [0.29, 0.717) is 11.5 Å². The van der Waals surface area contributed by atoms with Crippen molar-refractivity contribution in [2.75, 3.05) is 0 Å². The van der Waals surface area contributed by atoms with Gasteiger partial charge in [-0.2, -0.15) is 0 Å². The molecule has 0 atom stereocenters. The Morgan fingerprint density at radius 3 is 2.10 bits per heavy atom. The lowest BCUT2D eigenvalue weighted by Gasteiger charge is -2.24. The summed E-state index contributed by atoms with van der Waals surface area (Å²) in [5, 5.41) is 3.01. The quantitative estimate of drug-likeness (QED) is 0.886. The van der Waals surface area contributed by atoms with Gasteiger partial charge in [0.1, 0.15) is 0 Å². The maximum absolute atomic E-state index is 12.4. The zero-order valence-corrected chi connectivity index (χ0v) is 14.1. The van der Waals surface area contributed by atoms with E-state index in [1.54, 1.807) is 6.20 Å². The molecule has 3 nitrogen and oxygen atoms in total. The number of carbonyl (C=O) groups is 1. The number of nitrogens with one attached hydrogen (secondary N) is 1. The smallest absolute Gasteiger partial charge is 0.253 e. The average Bonchev–Trinajstić information content (AvgIpc) is 2.24. The van der Waals surface area contributed by atoms with Crippen LogP contribution in [0.3, 0.4) is 0 Å². The summed E-state index contributed by atoms with van der Waals surface area (Å²) in [5.74, 6) is 0.244. The lowest BCUT2D eigenvalue weighted by molar-refractivity contribution is 0.0917. The second-order valence-electron chi connectivity index (χ2n) is 7.77. The molecule has 1 aromatic rings. The van der Waals surface area contributed by atoms with Crippen LogP contribution in [0.1, 0.15) is 82.9 Å². The molecule has 0 aliphatic carbocycles. The fraction of sp³-hybridized carbons (Fsp3) is 0.647. The predicted octanol–water partition coefficient (Wildman–Crippen LogP) is 4.03. The number of rotatable bonds is 2. The summed E-state index contributed by atoms with van der Waals surface area (Å²) < 4.78 is 0. The fourth-order valence-electron chi connectivity index (χ4n) is 1.96. The third kappa shape index (κ3) is 4.32. The summed E-state index contributed by atoms with van der Waals surface area (Å²) in [4.78, 5) is 16.9. The van der Waals surface area contributed by atoms with E-state index in [-0.39, 0.29) is 16.9 Å². The molecular weight excluding hydrogens is 248 g/mol. The number of hydrogen-bond acceptors (Lipinski definition) is 2. The Bertz CT molecular complexity index is 491. The Kier molecular flexibility index (Phi) is 4.62. The van der Waals surface area contributed by atoms with Crippen molar-refractivity contribution >= 4 is 5.91 Å². The Morgan fingerprint density at radius 1 is 1.15 bits per heavy atom. The lowest BCUT2D eigenvalue weighted by Crippen LogP contribution is -2.41. The van der Waals surface area contributed by atoms with Gasteiger partial charge in [0.15, 0.2) is 0 Å². The highest BCUT2D eigenvalue weighted by Crippen LogP contribution is 2.26. The van der Waals surface area contributed by atoms with Gasteiger partial charge in [-0.15, -0.1) is 0 Å². The van der Waals surface area contributed by atoms with Crippen molar-refractivity contribution in [3.63, 3.8) is 0 Å². The molecule has 0 spiro atoms. The van der Waals surface area contributed by atoms with Gasteiger partial charge >= 0.3 is 0 Å². The highest BCUT2D eigenvalue weighted by molar-refractivity contribution is 5.96. The van der Waals surface area contributed by atoms with Gasteiger partial charge in [0, 0.05) is 22.8 Å². The van der Waals surface area contributed by atoms with E-state index in [2.05, 4.69) is 51.0 Å². The minimum Gasteiger partial charge on any atom is -0.347 e. The van der Waals surface area contributed by atoms with Gasteiger partial charge in [0.2, 0.25) is 0 Å². The van der Waals surface area contributed by atoms with Gasteiger partial charge in [0.25, 0.3) is 5.91 Å². The van der Waals surface area contributed by atoms with E-state index in [9.17, 15) is 4.79 Å². The molecule has 0 saturated heterocycles. The summed E-state index contributed by atoms with van der Waals surface area (Å²) in [6.07, 6.45) is 1.72. The van der Waals surface area contributed by atoms with E-state index in [1.165, 1.54) is 0 Å². The standard InChI is InChI=1S/C17H28N2O/c1-11(2)12-9-14(16(3,4)5)18-10-13(12)15(20)19-17(6,7)8/h9-11H,1-8H3,(H,19,20). The molecule has 0 saturated carbocycles. The van der Waals surface area contributed by atoms with Gasteiger partial charge in [-0.05, 0) is 38.3 Å². The van der Waals surface area contributed by atoms with E-state index >= 15 is 0 Å². The van der Waals surface area contributed by atoms with Crippen molar-refractivity contribution in [2.24, 2.45) is 0 Å². The zero-order chi connectivity index (χ0) is 15.7. The van der Waals surface area contributed by atoms with Gasteiger partial charge in [-0.25, -0.2) is 0 Å². The van der Waals surface area contributed by atoms with E-state index < -0.39 is 0 Å². The van der Waals surface area contributed by atoms with Crippen LogP contribution in [0, 0.1) is 0 Å². The first-order valence-corrected chi connectivity index (χ1v) is 7.25. The van der Waals surface area contributed by atoms with Crippen molar-refractivity contribution in [2.45, 2.75) is 72.3 Å². The van der Waals surface area contributed by atoms with Crippen molar-refractivity contribution < 1.29 is 4.79 Å². The maximum atomic E-state index is 12.4. The molecule has 0 radical (unpaired) electrons. The highest BCUT2D eigenvalue weighted by atomic mass is 16.1. The van der Waals surface area contributed by atoms with Crippen LogP contribution in [-0.4, -0.2) is 16.4 Å². The van der Waals surface area contributed by atoms with Gasteiger partial charge < -0.3 is 5.32 Å². The molecule has 0 bridgehead atoms. The third-order valence-corrected chi connectivity index (χ3v) is 3.06. The third-order valence-electron chi connectivity index (χ3n) is 3.06. The first-order valence-electron chi connectivity index (χ1n) is 7.25. The molecule has 0 aromatic carbocycles. The number of nitrogens with zero attached hydrogens (tertiary/aromatic N) is 1. The molecule has 3 heteroatoms. The molecule has 1 amide bonds. The molecule has 0 fully saturated rings. The first kappa shape index (κ1) is 16.7. The maximum Gasteiger partial charge on any atom is 0.253 e. The van der Waals surface area contributed by atoms with Gasteiger partial charge in [-0.3, -0.25) is 9.78 Å². The summed E-state index contributed by atoms with van der Waals surface area (Å²) in [5.41, 5.74) is 2.51. The minimum atomic E-state index is -0.242. The lowest BCUT2D eigenvalue weighted by atomic mass is 9.87.